The van der Waals surface area contributed by atoms with Gasteiger partial charge in [-0.2, -0.15) is 5.26 Å². The molecule has 0 heterocycles. The molecule has 0 aromatic rings. The minimum atomic E-state index is 0. The Bertz CT molecular complexity index is 113. The Morgan fingerprint density at radius 1 is 1.88 bits per heavy atom. The molecule has 8 heavy (non-hydrogen) atoms. The van der Waals surface area contributed by atoms with Crippen molar-refractivity contribution in [3.8, 4) is 6.19 Å². The third-order valence-electron chi connectivity index (χ3n) is 0.352. The molecule has 4 nitrogen and oxygen atoms in total. The van der Waals surface area contributed by atoms with Crippen molar-refractivity contribution in [2.75, 3.05) is 0 Å². The van der Waals surface area contributed by atoms with Crippen LogP contribution in [0.2, 0.25) is 0 Å². The molecule has 3 N–H and O–H groups in total. The monoisotopic (exact) mass is 299 g/mol. The normalized spacial score (nSPS) is 8.75. The van der Waals surface area contributed by atoms with E-state index in [0.29, 0.717) is 0 Å². The van der Waals surface area contributed by atoms with Gasteiger partial charge in [0.25, 0.3) is 0 Å². The van der Waals surface area contributed by atoms with Crippen molar-refractivity contribution in [2.45, 2.75) is 0 Å². The quantitative estimate of drug-likeness (QED) is 0.265. The summed E-state index contributed by atoms with van der Waals surface area (Å²) >= 11 is 0. The Hall–Kier alpha value is -0.305. The molecule has 0 aliphatic carbocycles. The van der Waals surface area contributed by atoms with Crippen LogP contribution in [0.1, 0.15) is 0 Å². The molecule has 0 saturated heterocycles. The van der Waals surface area contributed by atoms with Crippen LogP contribution in [-0.2, 0) is 27.7 Å². The minimum Gasteiger partial charge on any atom is -0.369 e. The molecule has 0 fully saturated rings. The SMILES string of the molecule is [CH2]NC(N)=NC#N.[Hg]. The van der Waals surface area contributed by atoms with Gasteiger partial charge in [0.2, 0.25) is 12.2 Å². The second-order valence-corrected chi connectivity index (χ2v) is 0.774. The van der Waals surface area contributed by atoms with Crippen LogP contribution in [0.25, 0.3) is 0 Å². The van der Waals surface area contributed by atoms with Gasteiger partial charge in [-0.3, -0.25) is 0 Å². The second-order valence-electron chi connectivity index (χ2n) is 0.774. The number of nitrogens with two attached hydrogens (primary N) is 1. The molecule has 0 aliphatic heterocycles. The summed E-state index contributed by atoms with van der Waals surface area (Å²) in [6.45, 7) is 0. The second kappa shape index (κ2) is 6.70. The van der Waals surface area contributed by atoms with E-state index >= 15 is 0 Å². The van der Waals surface area contributed by atoms with Gasteiger partial charge in [-0.05, 0) is 0 Å². The molecule has 0 aliphatic rings. The maximum Gasteiger partial charge on any atom is 0.209 e. The molecule has 1 radical (unpaired) electrons. The number of guanidine groups is 1. The first-order valence-corrected chi connectivity index (χ1v) is 1.56. The first kappa shape index (κ1) is 10.6. The van der Waals surface area contributed by atoms with Crippen molar-refractivity contribution >= 4 is 5.96 Å². The van der Waals surface area contributed by atoms with Gasteiger partial charge in [0.05, 0.1) is 0 Å². The number of nitrogens with one attached hydrogen (secondary N) is 1. The smallest absolute Gasteiger partial charge is 0.209 e. The molecule has 0 bridgehead atoms. The van der Waals surface area contributed by atoms with Crippen LogP contribution in [0.5, 0.6) is 0 Å². The van der Waals surface area contributed by atoms with E-state index in [4.69, 9.17) is 11.0 Å². The fourth-order valence-corrected chi connectivity index (χ4v) is 0.0934. The number of aliphatic imine (C=N–C) groups is 1. The van der Waals surface area contributed by atoms with Crippen molar-refractivity contribution in [1.82, 2.24) is 5.32 Å². The van der Waals surface area contributed by atoms with E-state index in [1.54, 1.807) is 0 Å². The molecule has 5 heteroatoms. The van der Waals surface area contributed by atoms with Crippen molar-refractivity contribution < 1.29 is 27.7 Å². The van der Waals surface area contributed by atoms with E-state index in [1.807, 2.05) is 0 Å². The topological polar surface area (TPSA) is 74.2 Å². The van der Waals surface area contributed by atoms with Crippen LogP contribution < -0.4 is 11.1 Å². The molecule has 0 atom stereocenters. The van der Waals surface area contributed by atoms with Gasteiger partial charge in [0.1, 0.15) is 0 Å². The third-order valence-corrected chi connectivity index (χ3v) is 0.352. The summed E-state index contributed by atoms with van der Waals surface area (Å²) in [5.74, 6) is 0.0301. The first-order chi connectivity index (χ1) is 3.31. The Kier molecular flexibility index (Phi) is 8.90. The predicted molar refractivity (Wildman–Crippen MR) is 25.7 cm³/mol. The summed E-state index contributed by atoms with van der Waals surface area (Å²) in [7, 11) is 3.15. The molecule has 0 unspecified atom stereocenters. The average Bonchev–Trinajstić information content (AvgIpc) is 1.68. The van der Waals surface area contributed by atoms with Crippen molar-refractivity contribution in [2.24, 2.45) is 10.7 Å². The van der Waals surface area contributed by atoms with Crippen LogP contribution in [0, 0.1) is 18.5 Å². The molecular weight excluding hydrogens is 293 g/mol. The Balaban J connectivity index is 0. The standard InChI is InChI=1S/C3H5N4.Hg/c1-6-3(5)7-2-4;/h1H2,(H3,5,6,7);. The zero-order valence-electron chi connectivity index (χ0n) is 4.39. The molecule has 0 rings (SSSR count). The van der Waals surface area contributed by atoms with Gasteiger partial charge >= 0.3 is 0 Å². The molecule has 0 aromatic carbocycles. The average molecular weight is 298 g/mol. The predicted octanol–water partition coefficient (Wildman–Crippen LogP) is -0.839. The van der Waals surface area contributed by atoms with E-state index < -0.39 is 0 Å². The molecule has 0 aromatic heterocycles. The van der Waals surface area contributed by atoms with Crippen molar-refractivity contribution in [3.63, 3.8) is 0 Å². The number of nitrogens with zero attached hydrogens (tertiary/aromatic N) is 2. The largest absolute Gasteiger partial charge is 0.369 e. The fraction of sp³-hybridized carbons (Fsp3) is 0. The van der Waals surface area contributed by atoms with Gasteiger partial charge in [-0.15, -0.1) is 4.99 Å². The number of rotatable bonds is 0. The van der Waals surface area contributed by atoms with Gasteiger partial charge in [0.15, 0.2) is 0 Å². The summed E-state index contributed by atoms with van der Waals surface area (Å²) in [6, 6.07) is 0. The van der Waals surface area contributed by atoms with Crippen LogP contribution in [0.15, 0.2) is 4.99 Å². The minimum absolute atomic E-state index is 0. The van der Waals surface area contributed by atoms with Crippen LogP contribution in [0.4, 0.5) is 0 Å². The van der Waals surface area contributed by atoms with Gasteiger partial charge in [0, 0.05) is 34.7 Å². The Labute approximate surface area is 68.3 Å². The summed E-state index contributed by atoms with van der Waals surface area (Å²) in [6.07, 6.45) is 1.48. The molecule has 0 spiro atoms. The maximum atomic E-state index is 7.78. The number of hydrogen-bond acceptors (Lipinski definition) is 2. The number of hydrogen-bond donors (Lipinski definition) is 2. The first-order valence-electron chi connectivity index (χ1n) is 1.56. The van der Waals surface area contributed by atoms with E-state index in [2.05, 4.69) is 17.4 Å². The zero-order valence-corrected chi connectivity index (χ0v) is 9.88. The van der Waals surface area contributed by atoms with E-state index in [0.717, 1.165) is 0 Å². The van der Waals surface area contributed by atoms with Gasteiger partial charge in [-0.1, -0.05) is 0 Å². The summed E-state index contributed by atoms with van der Waals surface area (Å²) in [4.78, 5) is 3.07. The van der Waals surface area contributed by atoms with Gasteiger partial charge < -0.3 is 11.1 Å². The zero-order chi connectivity index (χ0) is 5.70. The molecule has 39 valence electrons. The van der Waals surface area contributed by atoms with Crippen molar-refractivity contribution in [1.29, 1.82) is 5.26 Å². The summed E-state index contributed by atoms with van der Waals surface area (Å²) in [5.41, 5.74) is 4.94. The molecular formula is C3H5HgN4. The maximum absolute atomic E-state index is 7.78. The van der Waals surface area contributed by atoms with E-state index in [1.165, 1.54) is 6.19 Å². The Morgan fingerprint density at radius 2 is 2.38 bits per heavy atom. The van der Waals surface area contributed by atoms with Crippen LogP contribution in [-0.4, -0.2) is 5.96 Å². The molecule has 0 saturated carbocycles. The van der Waals surface area contributed by atoms with Gasteiger partial charge in [-0.25, -0.2) is 0 Å². The summed E-state index contributed by atoms with van der Waals surface area (Å²) < 4.78 is 0. The summed E-state index contributed by atoms with van der Waals surface area (Å²) in [5, 5.41) is 10.0. The Morgan fingerprint density at radius 3 is 2.50 bits per heavy atom. The molecule has 0 amide bonds. The van der Waals surface area contributed by atoms with E-state index in [-0.39, 0.29) is 33.6 Å². The van der Waals surface area contributed by atoms with Crippen molar-refractivity contribution in [3.05, 3.63) is 7.05 Å². The van der Waals surface area contributed by atoms with Crippen LogP contribution in [0.3, 0.4) is 0 Å². The van der Waals surface area contributed by atoms with Crippen LogP contribution >= 0.6 is 0 Å². The number of nitriles is 1. The fourth-order valence-electron chi connectivity index (χ4n) is 0.0934. The van der Waals surface area contributed by atoms with E-state index in [9.17, 15) is 0 Å². The third kappa shape index (κ3) is 5.70.